The van der Waals surface area contributed by atoms with Crippen molar-refractivity contribution in [1.29, 1.82) is 0 Å². The number of carbonyl (C=O) groups is 2. The Labute approximate surface area is 154 Å². The Hall–Kier alpha value is -3.42. The highest BCUT2D eigenvalue weighted by atomic mass is 19.2. The number of rotatable bonds is 4. The topological polar surface area (TPSA) is 79.5 Å². The second kappa shape index (κ2) is 7.45. The van der Waals surface area contributed by atoms with Crippen LogP contribution in [0.5, 0.6) is 5.75 Å². The van der Waals surface area contributed by atoms with E-state index in [1.165, 1.54) is 13.2 Å². The van der Waals surface area contributed by atoms with Crippen molar-refractivity contribution in [2.75, 3.05) is 12.4 Å². The van der Waals surface area contributed by atoms with Crippen molar-refractivity contribution >= 4 is 17.6 Å². The van der Waals surface area contributed by atoms with Gasteiger partial charge in [-0.25, -0.2) is 13.6 Å². The van der Waals surface area contributed by atoms with Crippen molar-refractivity contribution in [1.82, 2.24) is 10.6 Å². The Kier molecular flexibility index (Phi) is 5.07. The molecule has 1 atom stereocenters. The molecule has 0 aromatic heterocycles. The molecule has 140 valence electrons. The molecule has 1 aliphatic heterocycles. The van der Waals surface area contributed by atoms with Crippen molar-refractivity contribution in [3.05, 3.63) is 70.9 Å². The van der Waals surface area contributed by atoms with E-state index in [0.717, 1.165) is 12.1 Å². The predicted octanol–water partition coefficient (Wildman–Crippen LogP) is 3.24. The Bertz CT molecular complexity index is 944. The number of anilines is 1. The lowest BCUT2D eigenvalue weighted by Gasteiger charge is -2.28. The maximum atomic E-state index is 13.4. The van der Waals surface area contributed by atoms with Crippen LogP contribution < -0.4 is 20.7 Å². The summed E-state index contributed by atoms with van der Waals surface area (Å²) in [7, 11) is 1.51. The molecule has 1 unspecified atom stereocenters. The van der Waals surface area contributed by atoms with E-state index in [2.05, 4.69) is 16.0 Å². The van der Waals surface area contributed by atoms with Gasteiger partial charge in [-0.05, 0) is 36.8 Å². The highest BCUT2D eigenvalue weighted by Gasteiger charge is 2.31. The van der Waals surface area contributed by atoms with E-state index in [0.29, 0.717) is 17.0 Å². The molecule has 8 heteroatoms. The minimum absolute atomic E-state index is 0.0977. The highest BCUT2D eigenvalue weighted by Crippen LogP contribution is 2.29. The smallest absolute Gasteiger partial charge is 0.319 e. The number of carbonyl (C=O) groups excluding carboxylic acids is 2. The molecule has 3 rings (SSSR count). The predicted molar refractivity (Wildman–Crippen MR) is 95.1 cm³/mol. The van der Waals surface area contributed by atoms with E-state index < -0.39 is 29.6 Å². The highest BCUT2D eigenvalue weighted by molar-refractivity contribution is 6.06. The number of methoxy groups -OCH3 is 1. The van der Waals surface area contributed by atoms with Gasteiger partial charge in [-0.2, -0.15) is 0 Å². The van der Waals surface area contributed by atoms with E-state index in [1.54, 1.807) is 31.2 Å². The molecule has 3 N–H and O–H groups in total. The number of ether oxygens (including phenoxy) is 1. The van der Waals surface area contributed by atoms with Crippen LogP contribution in [0.4, 0.5) is 19.3 Å². The molecule has 0 saturated heterocycles. The molecule has 0 fully saturated rings. The van der Waals surface area contributed by atoms with Gasteiger partial charge in [0.15, 0.2) is 11.6 Å². The van der Waals surface area contributed by atoms with Crippen LogP contribution in [0.2, 0.25) is 0 Å². The molecular formula is C19H17F2N3O3. The summed E-state index contributed by atoms with van der Waals surface area (Å²) in [5, 5.41) is 7.77. The van der Waals surface area contributed by atoms with Gasteiger partial charge in [0.2, 0.25) is 0 Å². The molecular weight excluding hydrogens is 356 g/mol. The fourth-order valence-corrected chi connectivity index (χ4v) is 2.84. The standard InChI is InChI=1S/C19H17F2N3O3/c1-10-16(18(25)23-12-6-7-14(20)15(21)9-12)17(24-19(26)22-10)11-4-3-5-13(8-11)27-2/h3-9,17H,1-2H3,(H,23,25)(H2,22,24,26). The second-order valence-electron chi connectivity index (χ2n) is 5.93. The summed E-state index contributed by atoms with van der Waals surface area (Å²) in [5.41, 5.74) is 1.33. The summed E-state index contributed by atoms with van der Waals surface area (Å²) >= 11 is 0. The molecule has 1 aliphatic rings. The molecule has 0 radical (unpaired) electrons. The van der Waals surface area contributed by atoms with Crippen LogP contribution in [0, 0.1) is 11.6 Å². The third kappa shape index (κ3) is 3.89. The number of nitrogens with one attached hydrogen (secondary N) is 3. The van der Waals surface area contributed by atoms with Gasteiger partial charge in [-0.3, -0.25) is 4.79 Å². The van der Waals surface area contributed by atoms with Crippen LogP contribution >= 0.6 is 0 Å². The molecule has 0 aliphatic carbocycles. The van der Waals surface area contributed by atoms with Crippen LogP contribution in [-0.4, -0.2) is 19.0 Å². The van der Waals surface area contributed by atoms with Crippen molar-refractivity contribution in [3.63, 3.8) is 0 Å². The quantitative estimate of drug-likeness (QED) is 0.770. The average molecular weight is 373 g/mol. The van der Waals surface area contributed by atoms with Gasteiger partial charge < -0.3 is 20.7 Å². The number of benzene rings is 2. The lowest BCUT2D eigenvalue weighted by Crippen LogP contribution is -2.45. The van der Waals surface area contributed by atoms with Gasteiger partial charge >= 0.3 is 6.03 Å². The monoisotopic (exact) mass is 373 g/mol. The molecule has 27 heavy (non-hydrogen) atoms. The maximum absolute atomic E-state index is 13.4. The second-order valence-corrected chi connectivity index (χ2v) is 5.93. The Morgan fingerprint density at radius 2 is 1.93 bits per heavy atom. The normalized spacial score (nSPS) is 16.4. The van der Waals surface area contributed by atoms with Crippen molar-refractivity contribution in [2.24, 2.45) is 0 Å². The minimum Gasteiger partial charge on any atom is -0.497 e. The summed E-state index contributed by atoms with van der Waals surface area (Å²) < 4.78 is 31.7. The Morgan fingerprint density at radius 3 is 2.63 bits per heavy atom. The number of halogens is 2. The molecule has 0 spiro atoms. The lowest BCUT2D eigenvalue weighted by atomic mass is 9.94. The van der Waals surface area contributed by atoms with E-state index in [-0.39, 0.29) is 11.3 Å². The Balaban J connectivity index is 1.95. The van der Waals surface area contributed by atoms with Gasteiger partial charge in [0.05, 0.1) is 18.7 Å². The van der Waals surface area contributed by atoms with Crippen LogP contribution in [0.1, 0.15) is 18.5 Å². The number of allylic oxidation sites excluding steroid dienone is 1. The first kappa shape index (κ1) is 18.4. The van der Waals surface area contributed by atoms with Gasteiger partial charge in [-0.15, -0.1) is 0 Å². The average Bonchev–Trinajstić information content (AvgIpc) is 2.64. The van der Waals surface area contributed by atoms with Crippen LogP contribution in [0.3, 0.4) is 0 Å². The van der Waals surface area contributed by atoms with E-state index >= 15 is 0 Å². The summed E-state index contributed by atoms with van der Waals surface area (Å²) in [5.74, 6) is -2.07. The van der Waals surface area contributed by atoms with Gasteiger partial charge in [0, 0.05) is 17.5 Å². The van der Waals surface area contributed by atoms with Gasteiger partial charge in [0.1, 0.15) is 5.75 Å². The third-order valence-corrected chi connectivity index (χ3v) is 4.12. The minimum atomic E-state index is -1.07. The zero-order valence-electron chi connectivity index (χ0n) is 14.6. The van der Waals surface area contributed by atoms with Gasteiger partial charge in [-0.1, -0.05) is 12.1 Å². The summed E-state index contributed by atoms with van der Waals surface area (Å²) in [6.07, 6.45) is 0. The number of hydrogen-bond acceptors (Lipinski definition) is 3. The number of urea groups is 1. The molecule has 2 aromatic rings. The zero-order valence-corrected chi connectivity index (χ0v) is 14.6. The van der Waals surface area contributed by atoms with E-state index in [9.17, 15) is 18.4 Å². The number of hydrogen-bond donors (Lipinski definition) is 3. The summed E-state index contributed by atoms with van der Waals surface area (Å²) in [6.45, 7) is 1.59. The Morgan fingerprint density at radius 1 is 1.15 bits per heavy atom. The van der Waals surface area contributed by atoms with E-state index in [1.807, 2.05) is 0 Å². The molecule has 3 amide bonds. The SMILES string of the molecule is COc1cccc(C2NC(=O)NC(C)=C2C(=O)Nc2ccc(F)c(F)c2)c1. The zero-order chi connectivity index (χ0) is 19.6. The van der Waals surface area contributed by atoms with Crippen LogP contribution in [0.15, 0.2) is 53.7 Å². The molecule has 2 aromatic carbocycles. The first-order chi connectivity index (χ1) is 12.9. The van der Waals surface area contributed by atoms with Crippen molar-refractivity contribution < 1.29 is 23.1 Å². The van der Waals surface area contributed by atoms with Crippen LogP contribution in [0.25, 0.3) is 0 Å². The van der Waals surface area contributed by atoms with Crippen molar-refractivity contribution in [3.8, 4) is 5.75 Å². The lowest BCUT2D eigenvalue weighted by molar-refractivity contribution is -0.113. The first-order valence-corrected chi connectivity index (χ1v) is 8.07. The molecule has 6 nitrogen and oxygen atoms in total. The summed E-state index contributed by atoms with van der Waals surface area (Å²) in [6, 6.07) is 8.80. The van der Waals surface area contributed by atoms with Crippen molar-refractivity contribution in [2.45, 2.75) is 13.0 Å². The number of amides is 3. The third-order valence-electron chi connectivity index (χ3n) is 4.12. The van der Waals surface area contributed by atoms with E-state index in [4.69, 9.17) is 4.74 Å². The largest absolute Gasteiger partial charge is 0.497 e. The fourth-order valence-electron chi connectivity index (χ4n) is 2.84. The fraction of sp³-hybridized carbons (Fsp3) is 0.158. The maximum Gasteiger partial charge on any atom is 0.319 e. The first-order valence-electron chi connectivity index (χ1n) is 8.07. The summed E-state index contributed by atoms with van der Waals surface area (Å²) in [4.78, 5) is 24.7. The van der Waals surface area contributed by atoms with Gasteiger partial charge in [0.25, 0.3) is 5.91 Å². The molecule has 1 heterocycles. The van der Waals surface area contributed by atoms with Crippen LogP contribution in [-0.2, 0) is 4.79 Å². The molecule has 0 saturated carbocycles. The molecule has 0 bridgehead atoms.